The minimum absolute atomic E-state index is 0.0472. The first kappa shape index (κ1) is 39.2. The van der Waals surface area contributed by atoms with Gasteiger partial charge >= 0.3 is 28.4 Å². The molecule has 0 saturated heterocycles. The van der Waals surface area contributed by atoms with Crippen LogP contribution in [-0.4, -0.2) is 4.21 Å². The second kappa shape index (κ2) is 16.6. The second-order valence-corrected chi connectivity index (χ2v) is 15.0. The van der Waals surface area contributed by atoms with Crippen LogP contribution in [0.2, 0.25) is 0 Å². The van der Waals surface area contributed by atoms with Gasteiger partial charge in [0.2, 0.25) is 0 Å². The standard InChI is InChI=1S/C23H21.C11H17.2C6H4F.CH2.Zr/c1-22(2)7-5-14-10-18-16(12-20(14)22)9-17-13-21-15(11-19(17)18)6-8-23(21,3)4;1-5-9-6-7-10(8-9)11(2,3)4;2*7-6-4-2-1-3-5-6;;/h5-7,10-13H,9H2,1-4H3;7-9H,5H2,1-4H3;2*1-2,4-5H;1H2;/q4*-1;;. The summed E-state index contributed by atoms with van der Waals surface area (Å²) in [6.45, 7) is 18.1. The van der Waals surface area contributed by atoms with Crippen molar-refractivity contribution in [3.8, 4) is 11.1 Å². The van der Waals surface area contributed by atoms with Crippen molar-refractivity contribution in [2.75, 3.05) is 0 Å². The predicted molar refractivity (Wildman–Crippen MR) is 204 cm³/mol. The van der Waals surface area contributed by atoms with Gasteiger partial charge in [-0.3, -0.25) is 20.9 Å². The molecule has 0 heterocycles. The minimum atomic E-state index is -0.234. The van der Waals surface area contributed by atoms with E-state index in [-0.39, 0.29) is 22.5 Å². The molecule has 4 aromatic carbocycles. The Balaban J connectivity index is 0.000000173. The van der Waals surface area contributed by atoms with Crippen LogP contribution in [0.25, 0.3) is 23.3 Å². The third-order valence-corrected chi connectivity index (χ3v) is 9.34. The maximum atomic E-state index is 11.9. The van der Waals surface area contributed by atoms with E-state index < -0.39 is 0 Å². The van der Waals surface area contributed by atoms with E-state index in [0.717, 1.165) is 6.42 Å². The Morgan fingerprint density at radius 3 is 1.82 bits per heavy atom. The van der Waals surface area contributed by atoms with Crippen molar-refractivity contribution in [3.63, 3.8) is 0 Å². The number of hydrogen-bond acceptors (Lipinski definition) is 0. The van der Waals surface area contributed by atoms with Gasteiger partial charge in [-0.05, 0) is 45.9 Å². The average molecular weight is 742 g/mol. The second-order valence-electron chi connectivity index (χ2n) is 15.0. The van der Waals surface area contributed by atoms with Crippen molar-refractivity contribution >= 4 is 16.4 Å². The predicted octanol–water partition coefficient (Wildman–Crippen LogP) is 12.2. The van der Waals surface area contributed by atoms with Gasteiger partial charge in [-0.2, -0.15) is 53.6 Å². The molecule has 0 fully saturated rings. The van der Waals surface area contributed by atoms with Gasteiger partial charge in [-0.15, -0.1) is 35.9 Å². The van der Waals surface area contributed by atoms with E-state index in [9.17, 15) is 8.78 Å². The van der Waals surface area contributed by atoms with Gasteiger partial charge in [-0.25, -0.2) is 12.2 Å². The van der Waals surface area contributed by atoms with E-state index in [0.29, 0.717) is 11.3 Å². The molecule has 258 valence electrons. The fourth-order valence-electron chi connectivity index (χ4n) is 6.36. The van der Waals surface area contributed by atoms with Crippen LogP contribution in [0, 0.1) is 47.3 Å². The first-order chi connectivity index (χ1) is 23.7. The van der Waals surface area contributed by atoms with Crippen LogP contribution in [0.3, 0.4) is 0 Å². The Kier molecular flexibility index (Phi) is 13.1. The van der Waals surface area contributed by atoms with Crippen molar-refractivity contribution in [1.29, 1.82) is 0 Å². The molecule has 0 bridgehead atoms. The van der Waals surface area contributed by atoms with Crippen LogP contribution in [0.15, 0.2) is 96.6 Å². The molecule has 3 heteroatoms. The summed E-state index contributed by atoms with van der Waals surface area (Å²) in [5.74, 6) is 0.106. The SMILES string of the molecule is CC1(C)[C-]=Cc2cc3c(cc21)Cc1cc2c(cc1-3)C=CC2(C)C.CCC1[C-]=CC(C(C)(C)C)=C1.Fc1c[c-]ccc1.Fc1c[c-]ccc1.[CH2]=[Zr]. The van der Waals surface area contributed by atoms with Crippen LogP contribution in [0.1, 0.15) is 95.2 Å². The van der Waals surface area contributed by atoms with Gasteiger partial charge in [0, 0.05) is 17.0 Å². The molecular weight excluding hydrogens is 694 g/mol. The first-order valence-corrected chi connectivity index (χ1v) is 19.0. The molecule has 4 aliphatic carbocycles. The van der Waals surface area contributed by atoms with Crippen molar-refractivity contribution in [2.45, 2.75) is 79.1 Å². The summed E-state index contributed by atoms with van der Waals surface area (Å²) in [6.07, 6.45) is 20.4. The van der Waals surface area contributed by atoms with E-state index in [1.54, 1.807) is 24.3 Å². The molecule has 1 unspecified atom stereocenters. The molecule has 0 spiro atoms. The van der Waals surface area contributed by atoms with Gasteiger partial charge in [0.15, 0.2) is 0 Å². The van der Waals surface area contributed by atoms with Crippen molar-refractivity contribution in [1.82, 2.24) is 0 Å². The van der Waals surface area contributed by atoms with Gasteiger partial charge in [0.25, 0.3) is 0 Å². The van der Waals surface area contributed by atoms with Crippen LogP contribution >= 0.6 is 0 Å². The monoisotopic (exact) mass is 740 g/mol. The molecule has 0 nitrogen and oxygen atoms in total. The summed E-state index contributed by atoms with van der Waals surface area (Å²) in [7, 11) is 0. The Morgan fingerprint density at radius 2 is 1.38 bits per heavy atom. The van der Waals surface area contributed by atoms with Gasteiger partial charge < -0.3 is 0 Å². The molecule has 4 aliphatic rings. The van der Waals surface area contributed by atoms with Crippen molar-refractivity contribution < 1.29 is 33.0 Å². The van der Waals surface area contributed by atoms with Gasteiger partial charge in [0.1, 0.15) is 0 Å². The van der Waals surface area contributed by atoms with Crippen molar-refractivity contribution in [3.05, 3.63) is 166 Å². The summed E-state index contributed by atoms with van der Waals surface area (Å²) in [6, 6.07) is 26.7. The number of halogens is 2. The topological polar surface area (TPSA) is 0 Å². The fraction of sp³-hybridized carbons (Fsp3) is 0.298. The third kappa shape index (κ3) is 9.61. The first-order valence-electron chi connectivity index (χ1n) is 17.2. The normalized spacial score (nSPS) is 17.1. The fourth-order valence-corrected chi connectivity index (χ4v) is 6.36. The summed E-state index contributed by atoms with van der Waals surface area (Å²) in [4.78, 5) is 0. The summed E-state index contributed by atoms with van der Waals surface area (Å²) in [5.41, 5.74) is 13.4. The molecular formula is C47H48F2Zr-4. The Labute approximate surface area is 315 Å². The molecule has 0 aromatic heterocycles. The van der Waals surface area contributed by atoms with E-state index in [4.69, 9.17) is 0 Å². The molecule has 0 saturated carbocycles. The molecule has 0 N–H and O–H groups in total. The molecule has 0 radical (unpaired) electrons. The quantitative estimate of drug-likeness (QED) is 0.150. The van der Waals surface area contributed by atoms with E-state index in [1.165, 1.54) is 105 Å². The number of rotatable bonds is 1. The Bertz CT molecular complexity index is 1770. The zero-order chi connectivity index (χ0) is 36.7. The molecule has 0 aliphatic heterocycles. The van der Waals surface area contributed by atoms with Gasteiger partial charge in [0.05, 0.1) is 0 Å². The number of fused-ring (bicyclic) bond motifs is 5. The zero-order valence-corrected chi connectivity index (χ0v) is 33.2. The number of hydrogen-bond donors (Lipinski definition) is 0. The Morgan fingerprint density at radius 1 is 0.820 bits per heavy atom. The molecule has 8 rings (SSSR count). The van der Waals surface area contributed by atoms with E-state index in [1.807, 2.05) is 0 Å². The summed E-state index contributed by atoms with van der Waals surface area (Å²) >= 11 is 1.30. The van der Waals surface area contributed by atoms with E-state index >= 15 is 0 Å². The average Bonchev–Trinajstić information content (AvgIpc) is 3.86. The number of allylic oxidation sites excluding steroid dienone is 6. The van der Waals surface area contributed by atoms with Crippen LogP contribution in [0.5, 0.6) is 0 Å². The van der Waals surface area contributed by atoms with Gasteiger partial charge in [-0.1, -0.05) is 103 Å². The summed E-state index contributed by atoms with van der Waals surface area (Å²) < 4.78 is 27.1. The number of benzene rings is 4. The molecule has 0 amide bonds. The zero-order valence-electron chi connectivity index (χ0n) is 30.8. The van der Waals surface area contributed by atoms with E-state index in [2.05, 4.69) is 139 Å². The molecule has 1 atom stereocenters. The van der Waals surface area contributed by atoms with Crippen LogP contribution < -0.4 is 0 Å². The van der Waals surface area contributed by atoms with Crippen LogP contribution in [-0.2, 0) is 41.5 Å². The Hall–Kier alpha value is -3.55. The maximum absolute atomic E-state index is 11.9. The third-order valence-electron chi connectivity index (χ3n) is 9.34. The summed E-state index contributed by atoms with van der Waals surface area (Å²) in [5, 5.41) is 0. The van der Waals surface area contributed by atoms with Crippen LogP contribution in [0.4, 0.5) is 8.78 Å². The molecule has 4 aromatic rings. The van der Waals surface area contributed by atoms with Crippen molar-refractivity contribution in [2.24, 2.45) is 11.3 Å². The molecule has 50 heavy (non-hydrogen) atoms.